The number of H-pyrrole nitrogens is 1. The number of nitrogens with one attached hydrogen (secondary N) is 2. The molecular weight excluding hydrogens is 282 g/mol. The predicted molar refractivity (Wildman–Crippen MR) is 70.4 cm³/mol. The number of rotatable bonds is 3. The summed E-state index contributed by atoms with van der Waals surface area (Å²) in [6, 6.07) is 4.29. The highest BCUT2D eigenvalue weighted by Gasteiger charge is 2.13. The molecule has 100 valence electrons. The molecule has 0 unspecified atom stereocenters. The van der Waals surface area contributed by atoms with Crippen molar-refractivity contribution in [1.82, 2.24) is 20.4 Å². The van der Waals surface area contributed by atoms with Crippen LogP contribution in [0.15, 0.2) is 38.2 Å². The second kappa shape index (κ2) is 5.05. The van der Waals surface area contributed by atoms with E-state index in [1.807, 2.05) is 16.8 Å². The fourth-order valence-electron chi connectivity index (χ4n) is 1.41. The molecule has 0 saturated heterocycles. The van der Waals surface area contributed by atoms with Gasteiger partial charge in [0.2, 0.25) is 0 Å². The lowest BCUT2D eigenvalue weighted by Gasteiger charge is -1.97. The minimum atomic E-state index is -0.554. The van der Waals surface area contributed by atoms with Crippen LogP contribution in [0.2, 0.25) is 0 Å². The molecule has 3 heterocycles. The van der Waals surface area contributed by atoms with Gasteiger partial charge in [-0.15, -0.1) is 5.10 Å². The van der Waals surface area contributed by atoms with Crippen molar-refractivity contribution >= 4 is 23.3 Å². The molecule has 0 radical (unpaired) electrons. The van der Waals surface area contributed by atoms with Crippen molar-refractivity contribution in [3.8, 4) is 11.5 Å². The van der Waals surface area contributed by atoms with Crippen LogP contribution in [0.5, 0.6) is 0 Å². The highest BCUT2D eigenvalue weighted by molar-refractivity contribution is 7.08. The summed E-state index contributed by atoms with van der Waals surface area (Å²) in [4.78, 5) is 22.6. The standard InChI is InChI=1S/C11H7N5O3S/c17-8-2-1-7(13-14-8)9(18)12-11-16-15-10(19-11)6-3-4-20-5-6/h1-5H,(H,14,17)(H,12,16,18). The number of carbonyl (C=O) groups excluding carboxylic acids is 1. The zero-order valence-corrected chi connectivity index (χ0v) is 10.7. The molecule has 20 heavy (non-hydrogen) atoms. The SMILES string of the molecule is O=C(Nc1nnc(-c2ccsc2)o1)c1ccc(=O)[nH]n1. The van der Waals surface area contributed by atoms with Crippen LogP contribution in [-0.2, 0) is 0 Å². The maximum absolute atomic E-state index is 11.8. The highest BCUT2D eigenvalue weighted by Crippen LogP contribution is 2.22. The first-order valence-corrected chi connectivity index (χ1v) is 6.40. The van der Waals surface area contributed by atoms with Gasteiger partial charge in [0.05, 0.1) is 0 Å². The van der Waals surface area contributed by atoms with Gasteiger partial charge < -0.3 is 4.42 Å². The van der Waals surface area contributed by atoms with Crippen molar-refractivity contribution < 1.29 is 9.21 Å². The molecule has 0 aliphatic rings. The van der Waals surface area contributed by atoms with Gasteiger partial charge in [0, 0.05) is 17.0 Å². The molecule has 0 aromatic carbocycles. The first-order valence-electron chi connectivity index (χ1n) is 5.45. The van der Waals surface area contributed by atoms with E-state index >= 15 is 0 Å². The fraction of sp³-hybridized carbons (Fsp3) is 0. The number of carbonyl (C=O) groups is 1. The molecule has 3 aromatic heterocycles. The van der Waals surface area contributed by atoms with Gasteiger partial charge >= 0.3 is 6.01 Å². The molecule has 8 nitrogen and oxygen atoms in total. The minimum Gasteiger partial charge on any atom is -0.403 e. The van der Waals surface area contributed by atoms with Gasteiger partial charge in [-0.3, -0.25) is 14.9 Å². The Morgan fingerprint density at radius 2 is 2.20 bits per heavy atom. The van der Waals surface area contributed by atoms with E-state index in [4.69, 9.17) is 4.42 Å². The van der Waals surface area contributed by atoms with Crippen molar-refractivity contribution in [2.45, 2.75) is 0 Å². The number of aromatic nitrogens is 4. The Morgan fingerprint density at radius 3 is 2.90 bits per heavy atom. The molecule has 9 heteroatoms. The van der Waals surface area contributed by atoms with Crippen molar-refractivity contribution in [3.05, 3.63) is 45.0 Å². The van der Waals surface area contributed by atoms with Crippen molar-refractivity contribution in [2.24, 2.45) is 0 Å². The number of thiophene rings is 1. The van der Waals surface area contributed by atoms with Gasteiger partial charge in [-0.2, -0.15) is 16.4 Å². The molecule has 0 fully saturated rings. The lowest BCUT2D eigenvalue weighted by atomic mass is 10.3. The van der Waals surface area contributed by atoms with Crippen molar-refractivity contribution in [1.29, 1.82) is 0 Å². The molecule has 1 amide bonds. The topological polar surface area (TPSA) is 114 Å². The normalized spacial score (nSPS) is 10.4. The second-order valence-electron chi connectivity index (χ2n) is 3.68. The number of hydrogen-bond donors (Lipinski definition) is 2. The first-order chi connectivity index (χ1) is 9.72. The largest absolute Gasteiger partial charge is 0.403 e. The van der Waals surface area contributed by atoms with Crippen LogP contribution < -0.4 is 10.9 Å². The summed E-state index contributed by atoms with van der Waals surface area (Å²) in [5.41, 5.74) is 0.434. The third-order valence-corrected chi connectivity index (χ3v) is 3.01. The summed E-state index contributed by atoms with van der Waals surface area (Å²) < 4.78 is 5.30. The summed E-state index contributed by atoms with van der Waals surface area (Å²) in [6.07, 6.45) is 0. The van der Waals surface area contributed by atoms with E-state index in [1.165, 1.54) is 23.5 Å². The number of nitrogens with zero attached hydrogens (tertiary/aromatic N) is 3. The Balaban J connectivity index is 1.76. The molecule has 0 spiro atoms. The number of anilines is 1. The quantitative estimate of drug-likeness (QED) is 0.747. The summed E-state index contributed by atoms with van der Waals surface area (Å²) in [5, 5.41) is 19.4. The Labute approximate surface area is 115 Å². The Hall–Kier alpha value is -2.81. The summed E-state index contributed by atoms with van der Waals surface area (Å²) in [5.74, 6) is -0.238. The third kappa shape index (κ3) is 2.47. The number of aromatic amines is 1. The predicted octanol–water partition coefficient (Wildman–Crippen LogP) is 1.13. The van der Waals surface area contributed by atoms with E-state index in [-0.39, 0.29) is 17.3 Å². The van der Waals surface area contributed by atoms with Crippen LogP contribution in [0.25, 0.3) is 11.5 Å². The Kier molecular flexibility index (Phi) is 3.09. The minimum absolute atomic E-state index is 0.0378. The van der Waals surface area contributed by atoms with Crippen molar-refractivity contribution in [2.75, 3.05) is 5.32 Å². The second-order valence-corrected chi connectivity index (χ2v) is 4.46. The molecule has 0 aliphatic heterocycles. The van der Waals surface area contributed by atoms with E-state index in [2.05, 4.69) is 25.7 Å². The van der Waals surface area contributed by atoms with E-state index in [9.17, 15) is 9.59 Å². The van der Waals surface area contributed by atoms with Gasteiger partial charge in [0.15, 0.2) is 0 Å². The van der Waals surface area contributed by atoms with Gasteiger partial charge in [0.25, 0.3) is 17.4 Å². The lowest BCUT2D eigenvalue weighted by Crippen LogP contribution is -2.17. The lowest BCUT2D eigenvalue weighted by molar-refractivity contribution is 0.101. The third-order valence-electron chi connectivity index (χ3n) is 2.33. The summed E-state index contributed by atoms with van der Waals surface area (Å²) in [6.45, 7) is 0. The summed E-state index contributed by atoms with van der Waals surface area (Å²) >= 11 is 1.50. The van der Waals surface area contributed by atoms with E-state index in [1.54, 1.807) is 0 Å². The molecular formula is C11H7N5O3S. The molecule has 0 bridgehead atoms. The maximum Gasteiger partial charge on any atom is 0.322 e. The number of amides is 1. The molecule has 2 N–H and O–H groups in total. The molecule has 0 atom stereocenters. The monoisotopic (exact) mass is 289 g/mol. The van der Waals surface area contributed by atoms with Crippen LogP contribution in [0.1, 0.15) is 10.5 Å². The van der Waals surface area contributed by atoms with Gasteiger partial charge in [-0.1, -0.05) is 5.10 Å². The Morgan fingerprint density at radius 1 is 1.30 bits per heavy atom. The molecule has 3 rings (SSSR count). The molecule has 0 saturated carbocycles. The van der Waals surface area contributed by atoms with Crippen LogP contribution in [0.4, 0.5) is 6.01 Å². The van der Waals surface area contributed by atoms with Crippen LogP contribution >= 0.6 is 11.3 Å². The average Bonchev–Trinajstić information content (AvgIpc) is 3.09. The maximum atomic E-state index is 11.8. The highest BCUT2D eigenvalue weighted by atomic mass is 32.1. The van der Waals surface area contributed by atoms with Gasteiger partial charge in [0.1, 0.15) is 5.69 Å². The average molecular weight is 289 g/mol. The van der Waals surface area contributed by atoms with E-state index in [0.29, 0.717) is 5.89 Å². The Bertz CT molecular complexity index is 772. The first kappa shape index (κ1) is 12.2. The zero-order valence-electron chi connectivity index (χ0n) is 9.86. The number of hydrogen-bond acceptors (Lipinski definition) is 7. The molecule has 0 aliphatic carbocycles. The van der Waals surface area contributed by atoms with Crippen LogP contribution in [0.3, 0.4) is 0 Å². The van der Waals surface area contributed by atoms with Crippen LogP contribution in [0, 0.1) is 0 Å². The van der Waals surface area contributed by atoms with Crippen molar-refractivity contribution in [3.63, 3.8) is 0 Å². The van der Waals surface area contributed by atoms with E-state index < -0.39 is 5.91 Å². The summed E-state index contributed by atoms with van der Waals surface area (Å²) in [7, 11) is 0. The van der Waals surface area contributed by atoms with Gasteiger partial charge in [-0.25, -0.2) is 5.10 Å². The molecule has 3 aromatic rings. The smallest absolute Gasteiger partial charge is 0.322 e. The zero-order chi connectivity index (χ0) is 13.9. The van der Waals surface area contributed by atoms with E-state index in [0.717, 1.165) is 5.56 Å². The van der Waals surface area contributed by atoms with Gasteiger partial charge in [-0.05, 0) is 17.5 Å². The van der Waals surface area contributed by atoms with Crippen LogP contribution in [-0.4, -0.2) is 26.3 Å². The fourth-order valence-corrected chi connectivity index (χ4v) is 2.04.